The van der Waals surface area contributed by atoms with Gasteiger partial charge in [0.05, 0.1) is 17.3 Å². The van der Waals surface area contributed by atoms with Gasteiger partial charge in [-0.25, -0.2) is 19.3 Å². The molecule has 4 rings (SSSR count). The van der Waals surface area contributed by atoms with Crippen molar-refractivity contribution in [3.05, 3.63) is 71.2 Å². The van der Waals surface area contributed by atoms with Gasteiger partial charge in [0.15, 0.2) is 11.4 Å². The molecule has 10 nitrogen and oxygen atoms in total. The van der Waals surface area contributed by atoms with Crippen LogP contribution in [0.15, 0.2) is 48.9 Å². The van der Waals surface area contributed by atoms with E-state index < -0.39 is 17.6 Å². The summed E-state index contributed by atoms with van der Waals surface area (Å²) < 4.78 is 19.7. The first-order valence-corrected chi connectivity index (χ1v) is 10.0. The molecule has 1 aliphatic heterocycles. The molecule has 1 saturated heterocycles. The minimum atomic E-state index is -0.841. The number of aromatic nitrogens is 3. The summed E-state index contributed by atoms with van der Waals surface area (Å²) in [6.07, 6.45) is 3.82. The minimum absolute atomic E-state index is 0.0802. The van der Waals surface area contributed by atoms with E-state index >= 15 is 0 Å². The van der Waals surface area contributed by atoms with Gasteiger partial charge in [0.1, 0.15) is 18.2 Å². The largest absolute Gasteiger partial charge is 0.370 e. The molecule has 168 valence electrons. The molecule has 1 aliphatic rings. The molecule has 2 N–H and O–H groups in total. The van der Waals surface area contributed by atoms with Crippen LogP contribution in [0.5, 0.6) is 0 Å². The van der Waals surface area contributed by atoms with Crippen LogP contribution in [0, 0.1) is 5.82 Å². The first-order valence-electron chi connectivity index (χ1n) is 9.65. The summed E-state index contributed by atoms with van der Waals surface area (Å²) >= 11 is 5.78. The van der Waals surface area contributed by atoms with Crippen molar-refractivity contribution >= 4 is 46.5 Å². The van der Waals surface area contributed by atoms with Crippen molar-refractivity contribution in [1.29, 1.82) is 0 Å². The molecular formula is C21H16ClFN6O4. The van der Waals surface area contributed by atoms with E-state index in [4.69, 9.17) is 16.3 Å². The maximum atomic E-state index is 14.7. The second-order valence-corrected chi connectivity index (χ2v) is 7.22. The molecule has 12 heteroatoms. The van der Waals surface area contributed by atoms with Crippen LogP contribution in [0.1, 0.15) is 21.0 Å². The van der Waals surface area contributed by atoms with E-state index in [-0.39, 0.29) is 35.4 Å². The SMILES string of the molecule is O=C(Nc1ccc(Cl)cn1)c1nccnc1C(=O)Nc1ccc(N2CCOCC2=O)cc1F. The van der Waals surface area contributed by atoms with Crippen LogP contribution < -0.4 is 15.5 Å². The summed E-state index contributed by atoms with van der Waals surface area (Å²) in [6, 6.07) is 6.96. The summed E-state index contributed by atoms with van der Waals surface area (Å²) in [4.78, 5) is 50.5. The fourth-order valence-corrected chi connectivity index (χ4v) is 3.15. The van der Waals surface area contributed by atoms with Gasteiger partial charge in [0.2, 0.25) is 0 Å². The number of morpholine rings is 1. The molecule has 1 fully saturated rings. The second kappa shape index (κ2) is 9.67. The standard InChI is InChI=1S/C21H16ClFN6O4/c22-12-1-4-16(26-10-12)28-21(32)19-18(24-5-6-25-19)20(31)27-15-3-2-13(9-14(15)23)29-7-8-33-11-17(29)30/h1-6,9-10H,7-8,11H2,(H,27,31)(H,26,28,32). The lowest BCUT2D eigenvalue weighted by molar-refractivity contribution is -0.125. The van der Waals surface area contributed by atoms with E-state index in [0.29, 0.717) is 23.9 Å². The zero-order valence-corrected chi connectivity index (χ0v) is 17.7. The number of amides is 3. The Kier molecular flexibility index (Phi) is 6.52. The highest BCUT2D eigenvalue weighted by atomic mass is 35.5. The van der Waals surface area contributed by atoms with Gasteiger partial charge < -0.3 is 20.3 Å². The Morgan fingerprint density at radius 3 is 2.39 bits per heavy atom. The third-order valence-corrected chi connectivity index (χ3v) is 4.82. The summed E-state index contributed by atoms with van der Waals surface area (Å²) in [7, 11) is 0. The number of hydrogen-bond donors (Lipinski definition) is 2. The number of ether oxygens (including phenoxy) is 1. The van der Waals surface area contributed by atoms with E-state index in [1.165, 1.54) is 47.8 Å². The third-order valence-electron chi connectivity index (χ3n) is 4.60. The van der Waals surface area contributed by atoms with E-state index in [0.717, 1.165) is 6.07 Å². The van der Waals surface area contributed by atoms with Gasteiger partial charge in [-0.2, -0.15) is 0 Å². The predicted molar refractivity (Wildman–Crippen MR) is 117 cm³/mol. The fraction of sp³-hybridized carbons (Fsp3) is 0.143. The number of nitrogens with one attached hydrogen (secondary N) is 2. The highest BCUT2D eigenvalue weighted by molar-refractivity contribution is 6.30. The zero-order chi connectivity index (χ0) is 23.4. The lowest BCUT2D eigenvalue weighted by atomic mass is 10.2. The number of carbonyl (C=O) groups is 3. The number of rotatable bonds is 5. The number of hydrogen-bond acceptors (Lipinski definition) is 7. The molecule has 33 heavy (non-hydrogen) atoms. The Hall–Kier alpha value is -3.96. The fourth-order valence-electron chi connectivity index (χ4n) is 3.04. The first kappa shape index (κ1) is 22.2. The Bertz CT molecular complexity index is 1220. The quantitative estimate of drug-likeness (QED) is 0.586. The summed E-state index contributed by atoms with van der Waals surface area (Å²) in [5, 5.41) is 5.26. The van der Waals surface area contributed by atoms with Crippen molar-refractivity contribution in [2.75, 3.05) is 35.3 Å². The van der Waals surface area contributed by atoms with Crippen LogP contribution in [0.3, 0.4) is 0 Å². The van der Waals surface area contributed by atoms with Crippen LogP contribution in [-0.2, 0) is 9.53 Å². The van der Waals surface area contributed by atoms with Crippen LogP contribution in [-0.4, -0.2) is 52.4 Å². The van der Waals surface area contributed by atoms with Crippen molar-refractivity contribution < 1.29 is 23.5 Å². The second-order valence-electron chi connectivity index (χ2n) is 6.79. The van der Waals surface area contributed by atoms with Crippen molar-refractivity contribution in [3.63, 3.8) is 0 Å². The van der Waals surface area contributed by atoms with Gasteiger partial charge in [0, 0.05) is 30.8 Å². The Labute approximate surface area is 191 Å². The highest BCUT2D eigenvalue weighted by Gasteiger charge is 2.23. The van der Waals surface area contributed by atoms with Gasteiger partial charge >= 0.3 is 0 Å². The van der Waals surface area contributed by atoms with Crippen LogP contribution in [0.2, 0.25) is 5.02 Å². The van der Waals surface area contributed by atoms with Crippen LogP contribution in [0.4, 0.5) is 21.6 Å². The Morgan fingerprint density at radius 2 is 1.76 bits per heavy atom. The van der Waals surface area contributed by atoms with Gasteiger partial charge in [-0.1, -0.05) is 11.6 Å². The first-order chi connectivity index (χ1) is 15.9. The van der Waals surface area contributed by atoms with Gasteiger partial charge in [-0.15, -0.1) is 0 Å². The number of carbonyl (C=O) groups excluding carboxylic acids is 3. The molecule has 0 atom stereocenters. The smallest absolute Gasteiger partial charge is 0.277 e. The molecule has 1 aromatic carbocycles. The molecule has 0 unspecified atom stereocenters. The maximum absolute atomic E-state index is 14.7. The van der Waals surface area contributed by atoms with E-state index in [1.807, 2.05) is 0 Å². The van der Waals surface area contributed by atoms with Crippen molar-refractivity contribution in [3.8, 4) is 0 Å². The highest BCUT2D eigenvalue weighted by Crippen LogP contribution is 2.24. The van der Waals surface area contributed by atoms with Crippen molar-refractivity contribution in [1.82, 2.24) is 15.0 Å². The van der Waals surface area contributed by atoms with Crippen molar-refractivity contribution in [2.24, 2.45) is 0 Å². The molecule has 0 spiro atoms. The number of halogens is 2. The Morgan fingerprint density at radius 1 is 1.03 bits per heavy atom. The van der Waals surface area contributed by atoms with E-state index in [1.54, 1.807) is 0 Å². The number of anilines is 3. The third kappa shape index (κ3) is 5.10. The van der Waals surface area contributed by atoms with Crippen molar-refractivity contribution in [2.45, 2.75) is 0 Å². The zero-order valence-electron chi connectivity index (χ0n) is 16.9. The molecule has 0 bridgehead atoms. The molecule has 3 heterocycles. The molecule has 3 aromatic rings. The maximum Gasteiger partial charge on any atom is 0.277 e. The molecule has 0 saturated carbocycles. The lowest BCUT2D eigenvalue weighted by Crippen LogP contribution is -2.41. The molecular weight excluding hydrogens is 455 g/mol. The molecule has 2 aromatic heterocycles. The lowest BCUT2D eigenvalue weighted by Gasteiger charge is -2.27. The summed E-state index contributed by atoms with van der Waals surface area (Å²) in [6.45, 7) is 0.558. The molecule has 0 radical (unpaired) electrons. The normalized spacial score (nSPS) is 13.5. The average Bonchev–Trinajstić information content (AvgIpc) is 2.82. The topological polar surface area (TPSA) is 126 Å². The number of nitrogens with zero attached hydrogens (tertiary/aromatic N) is 4. The predicted octanol–water partition coefficient (Wildman–Crippen LogP) is 2.53. The molecule has 0 aliphatic carbocycles. The Balaban J connectivity index is 1.51. The summed E-state index contributed by atoms with van der Waals surface area (Å²) in [5.74, 6) is -2.43. The van der Waals surface area contributed by atoms with Gasteiger partial charge in [-0.3, -0.25) is 14.4 Å². The van der Waals surface area contributed by atoms with Gasteiger partial charge in [-0.05, 0) is 30.3 Å². The molecule has 3 amide bonds. The summed E-state index contributed by atoms with van der Waals surface area (Å²) in [5.41, 5.74) is -0.395. The monoisotopic (exact) mass is 470 g/mol. The minimum Gasteiger partial charge on any atom is -0.370 e. The van der Waals surface area contributed by atoms with Crippen LogP contribution in [0.25, 0.3) is 0 Å². The number of benzene rings is 1. The van der Waals surface area contributed by atoms with E-state index in [2.05, 4.69) is 25.6 Å². The number of pyridine rings is 1. The van der Waals surface area contributed by atoms with E-state index in [9.17, 15) is 18.8 Å². The van der Waals surface area contributed by atoms with Gasteiger partial charge in [0.25, 0.3) is 17.7 Å². The average molecular weight is 471 g/mol. The van der Waals surface area contributed by atoms with Crippen LogP contribution >= 0.6 is 11.6 Å².